The number of carboxylic acids is 1. The number of hydrogen-bond donors (Lipinski definition) is 1. The Morgan fingerprint density at radius 3 is 2.75 bits per heavy atom. The van der Waals surface area contributed by atoms with Gasteiger partial charge < -0.3 is 5.11 Å². The Morgan fingerprint density at radius 2 is 2.31 bits per heavy atom. The van der Waals surface area contributed by atoms with Crippen molar-refractivity contribution < 1.29 is 18.7 Å². The molecule has 0 atom stereocenters. The van der Waals surface area contributed by atoms with E-state index in [1.54, 1.807) is 6.07 Å². The van der Waals surface area contributed by atoms with E-state index < -0.39 is 24.4 Å². The minimum absolute atomic E-state index is 0.0178. The van der Waals surface area contributed by atoms with Crippen LogP contribution in [0.1, 0.15) is 23.1 Å². The molecule has 1 rings (SSSR count). The zero-order valence-electron chi connectivity index (χ0n) is 7.75. The van der Waals surface area contributed by atoms with Gasteiger partial charge >= 0.3 is 5.97 Å². The highest BCUT2D eigenvalue weighted by Gasteiger charge is 2.22. The van der Waals surface area contributed by atoms with Crippen molar-refractivity contribution in [2.24, 2.45) is 0 Å². The van der Waals surface area contributed by atoms with Crippen molar-refractivity contribution in [2.75, 3.05) is 0 Å². The quantitative estimate of drug-likeness (QED) is 0.867. The van der Waals surface area contributed by atoms with Crippen LogP contribution in [0, 0.1) is 11.3 Å². The summed E-state index contributed by atoms with van der Waals surface area (Å²) in [6, 6.07) is 1.56. The molecular formula is C9H5BrF2N2O2. The van der Waals surface area contributed by atoms with E-state index in [4.69, 9.17) is 10.4 Å². The van der Waals surface area contributed by atoms with Gasteiger partial charge in [-0.15, -0.1) is 0 Å². The van der Waals surface area contributed by atoms with Crippen LogP contribution in [0.3, 0.4) is 0 Å². The first-order valence-corrected chi connectivity index (χ1v) is 4.84. The van der Waals surface area contributed by atoms with Crippen LogP contribution in [0.15, 0.2) is 10.8 Å². The normalized spacial score (nSPS) is 10.2. The number of carboxylic acid groups (broad SMARTS) is 1. The maximum atomic E-state index is 12.7. The second kappa shape index (κ2) is 4.99. The molecule has 0 aliphatic heterocycles. The minimum Gasteiger partial charge on any atom is -0.481 e. The number of aliphatic carboxylic acids is 1. The van der Waals surface area contributed by atoms with E-state index in [0.717, 1.165) is 6.20 Å². The first-order chi connectivity index (χ1) is 7.47. The largest absolute Gasteiger partial charge is 0.481 e. The fraction of sp³-hybridized carbons (Fsp3) is 0.222. The predicted molar refractivity (Wildman–Crippen MR) is 52.9 cm³/mol. The summed E-state index contributed by atoms with van der Waals surface area (Å²) in [4.78, 5) is 14.2. The number of carbonyl (C=O) groups is 1. The summed E-state index contributed by atoms with van der Waals surface area (Å²) >= 11 is 2.89. The third kappa shape index (κ3) is 2.52. The molecule has 7 heteroatoms. The Morgan fingerprint density at radius 1 is 1.69 bits per heavy atom. The predicted octanol–water partition coefficient (Wildman–Crippen LogP) is 2.28. The molecular weight excluding hydrogens is 286 g/mol. The molecule has 0 fully saturated rings. The Hall–Kier alpha value is -1.55. The zero-order chi connectivity index (χ0) is 12.3. The van der Waals surface area contributed by atoms with Crippen LogP contribution in [-0.4, -0.2) is 16.1 Å². The molecule has 0 aliphatic rings. The Bertz CT molecular complexity index is 471. The standard InChI is InChI=1S/C9H5BrF2N2O2/c10-8-5(1-6(15)16)7(9(11)12)4(2-13)3-14-8/h3,9H,1H2,(H,15,16). The van der Waals surface area contributed by atoms with Crippen LogP contribution in [0.5, 0.6) is 0 Å². The van der Waals surface area contributed by atoms with Gasteiger partial charge in [0.05, 0.1) is 12.0 Å². The third-order valence-electron chi connectivity index (χ3n) is 1.84. The second-order valence-corrected chi connectivity index (χ2v) is 3.59. The summed E-state index contributed by atoms with van der Waals surface area (Å²) in [7, 11) is 0. The van der Waals surface area contributed by atoms with E-state index in [9.17, 15) is 13.6 Å². The molecule has 0 bridgehead atoms. The highest BCUT2D eigenvalue weighted by atomic mass is 79.9. The summed E-state index contributed by atoms with van der Waals surface area (Å²) in [6.07, 6.45) is -2.54. The number of pyridine rings is 1. The van der Waals surface area contributed by atoms with E-state index in [-0.39, 0.29) is 15.7 Å². The molecule has 0 saturated carbocycles. The Kier molecular flexibility index (Phi) is 3.90. The van der Waals surface area contributed by atoms with Crippen molar-refractivity contribution in [1.82, 2.24) is 4.98 Å². The van der Waals surface area contributed by atoms with Gasteiger partial charge in [-0.1, -0.05) is 0 Å². The molecule has 0 aliphatic carbocycles. The topological polar surface area (TPSA) is 74.0 Å². The molecule has 0 amide bonds. The molecule has 16 heavy (non-hydrogen) atoms. The molecule has 0 spiro atoms. The smallest absolute Gasteiger partial charge is 0.307 e. The molecule has 4 nitrogen and oxygen atoms in total. The van der Waals surface area contributed by atoms with E-state index in [1.807, 2.05) is 0 Å². The van der Waals surface area contributed by atoms with Crippen LogP contribution < -0.4 is 0 Å². The number of nitrogens with zero attached hydrogens (tertiary/aromatic N) is 2. The van der Waals surface area contributed by atoms with Crippen molar-refractivity contribution in [3.8, 4) is 6.07 Å². The monoisotopic (exact) mass is 290 g/mol. The van der Waals surface area contributed by atoms with Crippen LogP contribution >= 0.6 is 15.9 Å². The van der Waals surface area contributed by atoms with E-state index >= 15 is 0 Å². The Labute approximate surface area is 97.7 Å². The second-order valence-electron chi connectivity index (χ2n) is 2.84. The molecule has 0 radical (unpaired) electrons. The lowest BCUT2D eigenvalue weighted by molar-refractivity contribution is -0.136. The van der Waals surface area contributed by atoms with Crippen molar-refractivity contribution in [3.63, 3.8) is 0 Å². The lowest BCUT2D eigenvalue weighted by Crippen LogP contribution is -2.08. The van der Waals surface area contributed by atoms with Gasteiger partial charge in [0.25, 0.3) is 6.43 Å². The van der Waals surface area contributed by atoms with Crippen molar-refractivity contribution >= 4 is 21.9 Å². The fourth-order valence-electron chi connectivity index (χ4n) is 1.20. The van der Waals surface area contributed by atoms with Gasteiger partial charge in [-0.2, -0.15) is 5.26 Å². The lowest BCUT2D eigenvalue weighted by Gasteiger charge is -2.09. The van der Waals surface area contributed by atoms with E-state index in [1.165, 1.54) is 0 Å². The Balaban J connectivity index is 3.43. The molecule has 1 aromatic rings. The molecule has 1 N–H and O–H groups in total. The maximum Gasteiger partial charge on any atom is 0.307 e. The maximum absolute atomic E-state index is 12.7. The van der Waals surface area contributed by atoms with Gasteiger partial charge in [0, 0.05) is 17.3 Å². The van der Waals surface area contributed by atoms with Gasteiger partial charge in [0.15, 0.2) is 0 Å². The molecule has 84 valence electrons. The van der Waals surface area contributed by atoms with Gasteiger partial charge in [0.1, 0.15) is 10.7 Å². The first-order valence-electron chi connectivity index (χ1n) is 4.04. The number of aromatic nitrogens is 1. The number of alkyl halides is 2. The highest BCUT2D eigenvalue weighted by Crippen LogP contribution is 2.30. The number of halogens is 3. The molecule has 0 unspecified atom stereocenters. The van der Waals surface area contributed by atoms with Crippen molar-refractivity contribution in [1.29, 1.82) is 5.26 Å². The first kappa shape index (κ1) is 12.5. The molecule has 0 aromatic carbocycles. The van der Waals surface area contributed by atoms with Gasteiger partial charge in [-0.05, 0) is 15.9 Å². The SMILES string of the molecule is N#Cc1cnc(Br)c(CC(=O)O)c1C(F)F. The zero-order valence-corrected chi connectivity index (χ0v) is 9.33. The summed E-state index contributed by atoms with van der Waals surface area (Å²) < 4.78 is 25.4. The molecule has 1 aromatic heterocycles. The van der Waals surface area contributed by atoms with Crippen LogP contribution in [0.2, 0.25) is 0 Å². The molecule has 0 saturated heterocycles. The van der Waals surface area contributed by atoms with Gasteiger partial charge in [-0.25, -0.2) is 13.8 Å². The van der Waals surface area contributed by atoms with Gasteiger partial charge in [-0.3, -0.25) is 4.79 Å². The number of rotatable bonds is 3. The summed E-state index contributed by atoms with van der Waals surface area (Å²) in [6.45, 7) is 0. The summed E-state index contributed by atoms with van der Waals surface area (Å²) in [5, 5.41) is 17.2. The fourth-order valence-corrected chi connectivity index (χ4v) is 1.66. The molecule has 1 heterocycles. The van der Waals surface area contributed by atoms with Crippen LogP contribution in [0.25, 0.3) is 0 Å². The lowest BCUT2D eigenvalue weighted by atomic mass is 10.0. The van der Waals surface area contributed by atoms with Crippen molar-refractivity contribution in [2.45, 2.75) is 12.8 Å². The van der Waals surface area contributed by atoms with E-state index in [0.29, 0.717) is 0 Å². The van der Waals surface area contributed by atoms with E-state index in [2.05, 4.69) is 20.9 Å². The number of nitriles is 1. The summed E-state index contributed by atoms with van der Waals surface area (Å²) in [5.74, 6) is -1.26. The average Bonchev–Trinajstić information content (AvgIpc) is 2.19. The average molecular weight is 291 g/mol. The number of hydrogen-bond acceptors (Lipinski definition) is 3. The van der Waals surface area contributed by atoms with Crippen molar-refractivity contribution in [3.05, 3.63) is 27.5 Å². The summed E-state index contributed by atoms with van der Waals surface area (Å²) in [5.41, 5.74) is -1.05. The highest BCUT2D eigenvalue weighted by molar-refractivity contribution is 9.10. The van der Waals surface area contributed by atoms with Crippen LogP contribution in [-0.2, 0) is 11.2 Å². The third-order valence-corrected chi connectivity index (χ3v) is 2.52. The minimum atomic E-state index is -2.91. The van der Waals surface area contributed by atoms with Gasteiger partial charge in [0.2, 0.25) is 0 Å². The van der Waals surface area contributed by atoms with Crippen LogP contribution in [0.4, 0.5) is 8.78 Å².